The molecular weight excluding hydrogens is 198 g/mol. The van der Waals surface area contributed by atoms with Gasteiger partial charge in [0.1, 0.15) is 5.75 Å². The van der Waals surface area contributed by atoms with Gasteiger partial charge in [0.2, 0.25) is 0 Å². The number of rotatable bonds is 1. The van der Waals surface area contributed by atoms with Crippen LogP contribution in [0.1, 0.15) is 25.8 Å². The van der Waals surface area contributed by atoms with Gasteiger partial charge in [-0.2, -0.15) is 0 Å². The molecule has 0 bridgehead atoms. The molecule has 2 nitrogen and oxygen atoms in total. The summed E-state index contributed by atoms with van der Waals surface area (Å²) in [7, 11) is 0. The van der Waals surface area contributed by atoms with Crippen molar-refractivity contribution in [3.63, 3.8) is 0 Å². The summed E-state index contributed by atoms with van der Waals surface area (Å²) < 4.78 is 0. The van der Waals surface area contributed by atoms with E-state index in [0.717, 1.165) is 17.6 Å². The number of hydrogen-bond donors (Lipinski definition) is 2. The van der Waals surface area contributed by atoms with Gasteiger partial charge in [-0.3, -0.25) is 0 Å². The summed E-state index contributed by atoms with van der Waals surface area (Å²) in [6.45, 7) is 4.37. The van der Waals surface area contributed by atoms with Crippen molar-refractivity contribution in [2.45, 2.75) is 20.3 Å². The summed E-state index contributed by atoms with van der Waals surface area (Å²) in [6.07, 6.45) is 7.22. The average Bonchev–Trinajstić information content (AvgIpc) is 2.15. The van der Waals surface area contributed by atoms with Gasteiger partial charge in [-0.05, 0) is 29.5 Å². The Balaban J connectivity index is 2.39. The molecule has 16 heavy (non-hydrogen) atoms. The van der Waals surface area contributed by atoms with Gasteiger partial charge in [0, 0.05) is 17.3 Å². The SMILES string of the molecule is CC1(C)C=CC=C(c2ccc(N)cc2O)C1. The number of allylic oxidation sites excluding steroid dienone is 4. The van der Waals surface area contributed by atoms with E-state index in [1.165, 1.54) is 0 Å². The highest BCUT2D eigenvalue weighted by Crippen LogP contribution is 2.38. The van der Waals surface area contributed by atoms with E-state index in [0.29, 0.717) is 5.69 Å². The Bertz CT molecular complexity index is 470. The van der Waals surface area contributed by atoms with Crippen LogP contribution in [0.4, 0.5) is 5.69 Å². The standard InChI is InChI=1S/C14H17NO/c1-14(2)7-3-4-10(9-14)12-6-5-11(15)8-13(12)16/h3-8,16H,9,15H2,1-2H3. The van der Waals surface area contributed by atoms with Gasteiger partial charge in [0.25, 0.3) is 0 Å². The van der Waals surface area contributed by atoms with Gasteiger partial charge >= 0.3 is 0 Å². The van der Waals surface area contributed by atoms with E-state index < -0.39 is 0 Å². The molecule has 0 saturated carbocycles. The lowest BCUT2D eigenvalue weighted by Crippen LogP contribution is -2.10. The monoisotopic (exact) mass is 215 g/mol. The highest BCUT2D eigenvalue weighted by atomic mass is 16.3. The van der Waals surface area contributed by atoms with E-state index in [1.54, 1.807) is 6.07 Å². The number of benzene rings is 1. The molecule has 1 aromatic carbocycles. The lowest BCUT2D eigenvalue weighted by atomic mass is 9.80. The highest BCUT2D eigenvalue weighted by molar-refractivity contribution is 5.74. The summed E-state index contributed by atoms with van der Waals surface area (Å²) in [5.74, 6) is 0.261. The number of aromatic hydroxyl groups is 1. The number of nitrogen functional groups attached to an aromatic ring is 1. The van der Waals surface area contributed by atoms with E-state index in [2.05, 4.69) is 32.1 Å². The number of anilines is 1. The number of hydrogen-bond acceptors (Lipinski definition) is 2. The molecule has 1 aliphatic carbocycles. The van der Waals surface area contributed by atoms with Gasteiger partial charge < -0.3 is 10.8 Å². The number of phenolic OH excluding ortho intramolecular Hbond substituents is 1. The lowest BCUT2D eigenvalue weighted by Gasteiger charge is -2.25. The highest BCUT2D eigenvalue weighted by Gasteiger charge is 2.20. The van der Waals surface area contributed by atoms with Crippen LogP contribution in [0, 0.1) is 5.41 Å². The molecule has 0 fully saturated rings. The van der Waals surface area contributed by atoms with Crippen molar-refractivity contribution in [3.05, 3.63) is 42.0 Å². The Morgan fingerprint density at radius 3 is 2.69 bits per heavy atom. The van der Waals surface area contributed by atoms with Crippen molar-refractivity contribution >= 4 is 11.3 Å². The molecule has 0 atom stereocenters. The van der Waals surface area contributed by atoms with Crippen LogP contribution in [-0.2, 0) is 0 Å². The quantitative estimate of drug-likeness (QED) is 0.706. The molecule has 0 heterocycles. The Kier molecular flexibility index (Phi) is 2.50. The van der Waals surface area contributed by atoms with Crippen LogP contribution in [-0.4, -0.2) is 5.11 Å². The van der Waals surface area contributed by atoms with Crippen molar-refractivity contribution in [2.24, 2.45) is 5.41 Å². The van der Waals surface area contributed by atoms with Gasteiger partial charge in [-0.1, -0.05) is 32.1 Å². The fourth-order valence-corrected chi connectivity index (χ4v) is 2.04. The van der Waals surface area contributed by atoms with Crippen molar-refractivity contribution in [1.29, 1.82) is 0 Å². The predicted octanol–water partition coefficient (Wildman–Crippen LogP) is 3.34. The summed E-state index contributed by atoms with van der Waals surface area (Å²) in [5.41, 5.74) is 8.40. The first-order valence-electron chi connectivity index (χ1n) is 5.45. The third-order valence-corrected chi connectivity index (χ3v) is 2.86. The Labute approximate surface area is 96.1 Å². The molecule has 1 aliphatic rings. The zero-order chi connectivity index (χ0) is 11.8. The summed E-state index contributed by atoms with van der Waals surface area (Å²) in [4.78, 5) is 0. The second kappa shape index (κ2) is 3.71. The molecule has 2 heteroatoms. The number of nitrogens with two attached hydrogens (primary N) is 1. The van der Waals surface area contributed by atoms with Crippen molar-refractivity contribution in [1.82, 2.24) is 0 Å². The third kappa shape index (κ3) is 2.11. The second-order valence-corrected chi connectivity index (χ2v) is 4.99. The first-order chi connectivity index (χ1) is 7.48. The van der Waals surface area contributed by atoms with Crippen molar-refractivity contribution in [2.75, 3.05) is 5.73 Å². The van der Waals surface area contributed by atoms with Crippen molar-refractivity contribution in [3.8, 4) is 5.75 Å². The van der Waals surface area contributed by atoms with Crippen molar-refractivity contribution < 1.29 is 5.11 Å². The van der Waals surface area contributed by atoms with Crippen LogP contribution in [0.25, 0.3) is 5.57 Å². The molecule has 84 valence electrons. The zero-order valence-corrected chi connectivity index (χ0v) is 9.70. The van der Waals surface area contributed by atoms with Gasteiger partial charge in [-0.25, -0.2) is 0 Å². The molecule has 0 saturated heterocycles. The molecule has 2 rings (SSSR count). The topological polar surface area (TPSA) is 46.2 Å². The van der Waals surface area contributed by atoms with Gasteiger partial charge in [0.05, 0.1) is 0 Å². The fourth-order valence-electron chi connectivity index (χ4n) is 2.04. The maximum absolute atomic E-state index is 9.87. The Morgan fingerprint density at radius 2 is 2.06 bits per heavy atom. The average molecular weight is 215 g/mol. The molecule has 0 spiro atoms. The first-order valence-corrected chi connectivity index (χ1v) is 5.45. The molecule has 3 N–H and O–H groups in total. The largest absolute Gasteiger partial charge is 0.507 e. The zero-order valence-electron chi connectivity index (χ0n) is 9.70. The van der Waals surface area contributed by atoms with Crippen LogP contribution in [0.3, 0.4) is 0 Å². The maximum atomic E-state index is 9.87. The van der Waals surface area contributed by atoms with E-state index >= 15 is 0 Å². The van der Waals surface area contributed by atoms with Crippen LogP contribution in [0.15, 0.2) is 36.4 Å². The van der Waals surface area contributed by atoms with Gasteiger partial charge in [-0.15, -0.1) is 0 Å². The second-order valence-electron chi connectivity index (χ2n) is 4.99. The van der Waals surface area contributed by atoms with Crippen LogP contribution in [0.5, 0.6) is 5.75 Å². The minimum Gasteiger partial charge on any atom is -0.507 e. The van der Waals surface area contributed by atoms with E-state index in [-0.39, 0.29) is 11.2 Å². The molecule has 0 unspecified atom stereocenters. The third-order valence-electron chi connectivity index (χ3n) is 2.86. The molecule has 1 aromatic rings. The fraction of sp³-hybridized carbons (Fsp3) is 0.286. The summed E-state index contributed by atoms with van der Waals surface area (Å²) in [6, 6.07) is 5.30. The Morgan fingerprint density at radius 1 is 1.31 bits per heavy atom. The van der Waals surface area contributed by atoms with Crippen LogP contribution >= 0.6 is 0 Å². The summed E-state index contributed by atoms with van der Waals surface area (Å²) >= 11 is 0. The molecule has 0 aromatic heterocycles. The normalized spacial score (nSPS) is 18.2. The minimum absolute atomic E-state index is 0.151. The van der Waals surface area contributed by atoms with Gasteiger partial charge in [0.15, 0.2) is 0 Å². The predicted molar refractivity (Wildman–Crippen MR) is 68.0 cm³/mol. The number of phenols is 1. The molecular formula is C14H17NO. The van der Waals surface area contributed by atoms with E-state index in [4.69, 9.17) is 5.73 Å². The van der Waals surface area contributed by atoms with Crippen LogP contribution in [0.2, 0.25) is 0 Å². The first kappa shape index (κ1) is 10.8. The smallest absolute Gasteiger partial charge is 0.125 e. The minimum atomic E-state index is 0.151. The summed E-state index contributed by atoms with van der Waals surface area (Å²) in [5, 5.41) is 9.87. The van der Waals surface area contributed by atoms with E-state index in [1.807, 2.05) is 12.1 Å². The van der Waals surface area contributed by atoms with Crippen LogP contribution < -0.4 is 5.73 Å². The Hall–Kier alpha value is -1.70. The molecule has 0 amide bonds. The molecule has 0 aliphatic heterocycles. The maximum Gasteiger partial charge on any atom is 0.125 e. The molecule has 0 radical (unpaired) electrons. The van der Waals surface area contributed by atoms with E-state index in [9.17, 15) is 5.11 Å². The lowest BCUT2D eigenvalue weighted by molar-refractivity contribution is 0.468.